The molecule has 1 aliphatic rings. The van der Waals surface area contributed by atoms with E-state index in [1.165, 1.54) is 12.8 Å². The Kier molecular flexibility index (Phi) is 6.94. The van der Waals surface area contributed by atoms with Crippen molar-refractivity contribution in [2.45, 2.75) is 52.3 Å². The van der Waals surface area contributed by atoms with Crippen LogP contribution in [0.15, 0.2) is 72.9 Å². The number of carbonyl (C=O) groups is 1. The zero-order valence-electron chi connectivity index (χ0n) is 23.2. The smallest absolute Gasteiger partial charge is 0.407 e. The van der Waals surface area contributed by atoms with E-state index in [2.05, 4.69) is 61.2 Å². The molecule has 1 amide bonds. The molecule has 3 aromatic heterocycles. The van der Waals surface area contributed by atoms with Gasteiger partial charge in [0, 0.05) is 29.3 Å². The minimum atomic E-state index is -0.531. The van der Waals surface area contributed by atoms with E-state index in [1.807, 2.05) is 57.3 Å². The Morgan fingerprint density at radius 3 is 2.42 bits per heavy atom. The summed E-state index contributed by atoms with van der Waals surface area (Å²) in [5.41, 5.74) is 6.16. The number of aromatic nitrogens is 4. The molecule has 5 aromatic rings. The van der Waals surface area contributed by atoms with Crippen molar-refractivity contribution in [3.63, 3.8) is 0 Å². The molecule has 0 bridgehead atoms. The Morgan fingerprint density at radius 2 is 1.70 bits per heavy atom. The molecule has 204 valence electrons. The van der Waals surface area contributed by atoms with Crippen LogP contribution in [-0.4, -0.2) is 49.3 Å². The van der Waals surface area contributed by atoms with Crippen LogP contribution in [0.4, 0.5) is 4.79 Å². The molecule has 0 aliphatic carbocycles. The van der Waals surface area contributed by atoms with E-state index < -0.39 is 11.7 Å². The average molecular weight is 535 g/mol. The molecule has 2 aromatic carbocycles. The lowest BCUT2D eigenvalue weighted by Crippen LogP contribution is -2.32. The maximum atomic E-state index is 12.1. The Bertz CT molecular complexity index is 1650. The second-order valence-corrected chi connectivity index (χ2v) is 11.3. The van der Waals surface area contributed by atoms with Gasteiger partial charge in [0.25, 0.3) is 0 Å². The monoisotopic (exact) mass is 534 g/mol. The summed E-state index contributed by atoms with van der Waals surface area (Å²) in [6.45, 7) is 8.97. The molecule has 8 nitrogen and oxygen atoms in total. The van der Waals surface area contributed by atoms with E-state index in [1.54, 1.807) is 0 Å². The molecule has 1 fully saturated rings. The van der Waals surface area contributed by atoms with Crippen molar-refractivity contribution in [2.75, 3.05) is 13.1 Å². The van der Waals surface area contributed by atoms with Crippen LogP contribution < -0.4 is 5.32 Å². The quantitative estimate of drug-likeness (QED) is 0.278. The van der Waals surface area contributed by atoms with E-state index in [0.29, 0.717) is 6.54 Å². The van der Waals surface area contributed by atoms with Gasteiger partial charge in [0.15, 0.2) is 11.5 Å². The van der Waals surface area contributed by atoms with Gasteiger partial charge in [-0.05, 0) is 70.0 Å². The molecular formula is C32H34N6O2. The van der Waals surface area contributed by atoms with Gasteiger partial charge in [0.1, 0.15) is 5.60 Å². The highest BCUT2D eigenvalue weighted by atomic mass is 16.6. The first kappa shape index (κ1) is 26.0. The Balaban J connectivity index is 1.35. The van der Waals surface area contributed by atoms with Crippen molar-refractivity contribution in [1.29, 1.82) is 0 Å². The highest BCUT2D eigenvalue weighted by Gasteiger charge is 2.19. The standard InChI is InChI=1S/C32H34N6O2/c1-32(2,3)40-31(39)33-20-22-11-13-24(14-12-22)29-25(23-9-5-4-6-10-23)19-26-27(34-29)15-18-38-28(35-36-30(26)38)21-37-16-7-8-17-37/h4-6,9-15,18-19H,7-8,16-17,20-21H2,1-3H3,(H,33,39). The van der Waals surface area contributed by atoms with Crippen molar-refractivity contribution in [1.82, 2.24) is 29.8 Å². The number of nitrogens with one attached hydrogen (secondary N) is 1. The molecule has 0 radical (unpaired) electrons. The summed E-state index contributed by atoms with van der Waals surface area (Å²) in [7, 11) is 0. The van der Waals surface area contributed by atoms with Crippen molar-refractivity contribution in [3.8, 4) is 22.4 Å². The van der Waals surface area contributed by atoms with Gasteiger partial charge in [-0.1, -0.05) is 54.6 Å². The lowest BCUT2D eigenvalue weighted by atomic mass is 9.97. The first-order chi connectivity index (χ1) is 19.3. The zero-order valence-corrected chi connectivity index (χ0v) is 23.2. The van der Waals surface area contributed by atoms with Crippen LogP contribution in [0.3, 0.4) is 0 Å². The van der Waals surface area contributed by atoms with E-state index in [0.717, 1.165) is 70.0 Å². The van der Waals surface area contributed by atoms with Crippen LogP contribution in [0.1, 0.15) is 45.0 Å². The zero-order chi connectivity index (χ0) is 27.7. The number of alkyl carbamates (subject to hydrolysis) is 1. The van der Waals surface area contributed by atoms with Gasteiger partial charge >= 0.3 is 6.09 Å². The normalized spacial score (nSPS) is 14.2. The van der Waals surface area contributed by atoms with Crippen LogP contribution >= 0.6 is 0 Å². The Labute approximate surface area is 234 Å². The Hall–Kier alpha value is -4.30. The average Bonchev–Trinajstić information content (AvgIpc) is 3.61. The molecule has 40 heavy (non-hydrogen) atoms. The molecule has 1 aliphatic heterocycles. The summed E-state index contributed by atoms with van der Waals surface area (Å²) in [6.07, 6.45) is 4.10. The van der Waals surface area contributed by atoms with Gasteiger partial charge in [-0.2, -0.15) is 0 Å². The van der Waals surface area contributed by atoms with Gasteiger partial charge in [0.05, 0.1) is 17.8 Å². The van der Waals surface area contributed by atoms with E-state index in [9.17, 15) is 4.79 Å². The van der Waals surface area contributed by atoms with Crippen LogP contribution in [-0.2, 0) is 17.8 Å². The predicted octanol–water partition coefficient (Wildman–Crippen LogP) is 6.23. The number of amides is 1. The topological polar surface area (TPSA) is 84.6 Å². The van der Waals surface area contributed by atoms with Crippen LogP contribution in [0.2, 0.25) is 0 Å². The largest absolute Gasteiger partial charge is 0.444 e. The Morgan fingerprint density at radius 1 is 0.950 bits per heavy atom. The van der Waals surface area contributed by atoms with Gasteiger partial charge in [-0.25, -0.2) is 9.78 Å². The fraction of sp³-hybridized carbons (Fsp3) is 0.312. The summed E-state index contributed by atoms with van der Waals surface area (Å²) >= 11 is 0. The van der Waals surface area contributed by atoms with Crippen molar-refractivity contribution < 1.29 is 9.53 Å². The predicted molar refractivity (Wildman–Crippen MR) is 157 cm³/mol. The first-order valence-electron chi connectivity index (χ1n) is 13.9. The third-order valence-electron chi connectivity index (χ3n) is 7.15. The third kappa shape index (κ3) is 5.53. The van der Waals surface area contributed by atoms with Crippen molar-refractivity contribution in [2.24, 2.45) is 0 Å². The number of likely N-dealkylation sites (tertiary alicyclic amines) is 1. The maximum Gasteiger partial charge on any atom is 0.407 e. The van der Waals surface area contributed by atoms with Crippen LogP contribution in [0.25, 0.3) is 38.9 Å². The molecule has 4 heterocycles. The molecule has 6 rings (SSSR count). The molecule has 0 saturated carbocycles. The summed E-state index contributed by atoms with van der Waals surface area (Å²) in [4.78, 5) is 19.7. The molecule has 1 saturated heterocycles. The number of nitrogens with zero attached hydrogens (tertiary/aromatic N) is 5. The van der Waals surface area contributed by atoms with Crippen LogP contribution in [0, 0.1) is 0 Å². The van der Waals surface area contributed by atoms with Gasteiger partial charge in [0.2, 0.25) is 0 Å². The SMILES string of the molecule is CC(C)(C)OC(=O)NCc1ccc(-c2nc3ccn4c(CN5CCCC5)nnc4c3cc2-c2ccccc2)cc1. The molecular weight excluding hydrogens is 500 g/mol. The minimum absolute atomic E-state index is 0.385. The number of hydrogen-bond donors (Lipinski definition) is 1. The maximum absolute atomic E-state index is 12.1. The fourth-order valence-electron chi connectivity index (χ4n) is 5.22. The lowest BCUT2D eigenvalue weighted by Gasteiger charge is -2.19. The summed E-state index contributed by atoms with van der Waals surface area (Å²) < 4.78 is 7.45. The van der Waals surface area contributed by atoms with E-state index in [4.69, 9.17) is 9.72 Å². The number of ether oxygens (including phenoxy) is 1. The highest BCUT2D eigenvalue weighted by Crippen LogP contribution is 2.34. The lowest BCUT2D eigenvalue weighted by molar-refractivity contribution is 0.0523. The number of hydrogen-bond acceptors (Lipinski definition) is 6. The van der Waals surface area contributed by atoms with Gasteiger partial charge < -0.3 is 10.1 Å². The number of fused-ring (bicyclic) bond motifs is 3. The first-order valence-corrected chi connectivity index (χ1v) is 13.9. The number of benzene rings is 2. The summed E-state index contributed by atoms with van der Waals surface area (Å²) in [6, 6.07) is 22.7. The molecule has 8 heteroatoms. The van der Waals surface area contributed by atoms with Gasteiger partial charge in [-0.15, -0.1) is 10.2 Å². The van der Waals surface area contributed by atoms with Gasteiger partial charge in [-0.3, -0.25) is 9.30 Å². The molecule has 0 spiro atoms. The fourth-order valence-corrected chi connectivity index (χ4v) is 5.22. The highest BCUT2D eigenvalue weighted by molar-refractivity contribution is 5.98. The minimum Gasteiger partial charge on any atom is -0.444 e. The summed E-state index contributed by atoms with van der Waals surface area (Å²) in [5.74, 6) is 0.958. The molecule has 1 N–H and O–H groups in total. The number of rotatable bonds is 6. The van der Waals surface area contributed by atoms with Crippen molar-refractivity contribution in [3.05, 3.63) is 84.3 Å². The molecule has 0 atom stereocenters. The summed E-state index contributed by atoms with van der Waals surface area (Å²) in [5, 5.41) is 12.9. The third-order valence-corrected chi connectivity index (χ3v) is 7.15. The van der Waals surface area contributed by atoms with E-state index in [-0.39, 0.29) is 0 Å². The van der Waals surface area contributed by atoms with Crippen molar-refractivity contribution >= 4 is 22.6 Å². The molecule has 0 unspecified atom stereocenters. The number of pyridine rings is 2. The second-order valence-electron chi connectivity index (χ2n) is 11.3. The van der Waals surface area contributed by atoms with Crippen LogP contribution in [0.5, 0.6) is 0 Å². The number of carbonyl (C=O) groups excluding carboxylic acids is 1. The second kappa shape index (κ2) is 10.7. The van der Waals surface area contributed by atoms with E-state index >= 15 is 0 Å².